The van der Waals surface area contributed by atoms with E-state index in [1.807, 2.05) is 20.8 Å². The van der Waals surface area contributed by atoms with Gasteiger partial charge >= 0.3 is 5.97 Å². The lowest BCUT2D eigenvalue weighted by molar-refractivity contribution is -0.123. The van der Waals surface area contributed by atoms with Crippen molar-refractivity contribution in [2.75, 3.05) is 13.2 Å². The Bertz CT molecular complexity index is 1220. The van der Waals surface area contributed by atoms with Crippen LogP contribution >= 0.6 is 27.5 Å². The lowest BCUT2D eigenvalue weighted by Crippen LogP contribution is -2.24. The average Bonchev–Trinajstić information content (AvgIpc) is 2.83. The number of carbonyl (C=O) groups excluding carboxylic acids is 2. The largest absolute Gasteiger partial charge is 0.490 e. The molecule has 3 rings (SSSR count). The molecule has 0 fully saturated rings. The highest BCUT2D eigenvalue weighted by Crippen LogP contribution is 2.29. The summed E-state index contributed by atoms with van der Waals surface area (Å²) in [7, 11) is 0. The maximum absolute atomic E-state index is 12.4. The van der Waals surface area contributed by atoms with Crippen LogP contribution in [0.15, 0.2) is 64.2 Å². The van der Waals surface area contributed by atoms with E-state index in [1.54, 1.807) is 54.6 Å². The monoisotopic (exact) mass is 558 g/mol. The van der Waals surface area contributed by atoms with Gasteiger partial charge in [0.2, 0.25) is 0 Å². The summed E-state index contributed by atoms with van der Waals surface area (Å²) in [5, 5.41) is 4.63. The van der Waals surface area contributed by atoms with Crippen LogP contribution in [0.3, 0.4) is 0 Å². The first-order valence-corrected chi connectivity index (χ1v) is 11.9. The smallest absolute Gasteiger partial charge is 0.343 e. The van der Waals surface area contributed by atoms with Gasteiger partial charge in [0.25, 0.3) is 5.91 Å². The Balaban J connectivity index is 1.59. The molecule has 0 unspecified atom stereocenters. The molecule has 35 heavy (non-hydrogen) atoms. The van der Waals surface area contributed by atoms with E-state index in [2.05, 4.69) is 26.5 Å². The van der Waals surface area contributed by atoms with E-state index >= 15 is 0 Å². The molecule has 9 heteroatoms. The molecule has 0 radical (unpaired) electrons. The van der Waals surface area contributed by atoms with Gasteiger partial charge in [-0.1, -0.05) is 27.5 Å². The van der Waals surface area contributed by atoms with Gasteiger partial charge < -0.3 is 14.2 Å². The highest BCUT2D eigenvalue weighted by atomic mass is 79.9. The normalized spacial score (nSPS) is 10.8. The number of esters is 1. The minimum atomic E-state index is -0.502. The van der Waals surface area contributed by atoms with Crippen LogP contribution in [0.5, 0.6) is 17.2 Å². The van der Waals surface area contributed by atoms with E-state index in [1.165, 1.54) is 6.21 Å². The number of carbonyl (C=O) groups is 2. The summed E-state index contributed by atoms with van der Waals surface area (Å²) in [6, 6.07) is 15.4. The number of ether oxygens (including phenoxy) is 3. The third-order valence-corrected chi connectivity index (χ3v) is 5.86. The van der Waals surface area contributed by atoms with Crippen LogP contribution in [0.2, 0.25) is 5.02 Å². The lowest BCUT2D eigenvalue weighted by Gasteiger charge is -2.11. The Hall–Kier alpha value is -3.36. The molecule has 0 atom stereocenters. The van der Waals surface area contributed by atoms with Gasteiger partial charge in [0.15, 0.2) is 18.1 Å². The van der Waals surface area contributed by atoms with Crippen molar-refractivity contribution in [2.24, 2.45) is 5.10 Å². The number of hydrogen-bond donors (Lipinski definition) is 1. The Morgan fingerprint density at radius 1 is 1.00 bits per heavy atom. The molecular formula is C26H24BrClN2O5. The standard InChI is InChI=1S/C26H24BrClN2O5/c1-4-33-23-13-18(5-10-22(23)35-26(32)19-6-8-20(27)9-7-19)14-29-30-24(31)15-34-21-11-16(2)25(28)17(3)12-21/h5-14H,4,15H2,1-3H3,(H,30,31). The van der Waals surface area contributed by atoms with E-state index in [4.69, 9.17) is 25.8 Å². The van der Waals surface area contributed by atoms with Crippen LogP contribution in [-0.4, -0.2) is 31.3 Å². The molecule has 0 aromatic heterocycles. The first-order valence-electron chi connectivity index (χ1n) is 10.7. The number of aryl methyl sites for hydroxylation is 2. The zero-order valence-electron chi connectivity index (χ0n) is 19.4. The molecule has 0 bridgehead atoms. The fourth-order valence-corrected chi connectivity index (χ4v) is 3.43. The fourth-order valence-electron chi connectivity index (χ4n) is 3.05. The molecule has 0 spiro atoms. The van der Waals surface area contributed by atoms with Crippen LogP contribution in [-0.2, 0) is 4.79 Å². The molecule has 182 valence electrons. The minimum absolute atomic E-state index is 0.201. The third-order valence-electron chi connectivity index (χ3n) is 4.73. The average molecular weight is 560 g/mol. The van der Waals surface area contributed by atoms with Gasteiger partial charge in [-0.3, -0.25) is 4.79 Å². The number of benzene rings is 3. The molecule has 0 saturated carbocycles. The molecule has 0 aliphatic rings. The van der Waals surface area contributed by atoms with Crippen molar-refractivity contribution in [3.63, 3.8) is 0 Å². The van der Waals surface area contributed by atoms with Crippen molar-refractivity contribution < 1.29 is 23.8 Å². The molecule has 0 aliphatic carbocycles. The molecule has 0 aliphatic heterocycles. The molecular weight excluding hydrogens is 536 g/mol. The topological polar surface area (TPSA) is 86.2 Å². The van der Waals surface area contributed by atoms with Gasteiger partial charge in [-0.15, -0.1) is 0 Å². The van der Waals surface area contributed by atoms with Crippen molar-refractivity contribution in [1.29, 1.82) is 0 Å². The van der Waals surface area contributed by atoms with Gasteiger partial charge in [-0.25, -0.2) is 10.2 Å². The summed E-state index contributed by atoms with van der Waals surface area (Å²) in [4.78, 5) is 24.5. The van der Waals surface area contributed by atoms with E-state index in [0.717, 1.165) is 15.6 Å². The summed E-state index contributed by atoms with van der Waals surface area (Å²) < 4.78 is 17.5. The third kappa shape index (κ3) is 7.56. The number of hydrogen-bond acceptors (Lipinski definition) is 6. The van der Waals surface area contributed by atoms with Gasteiger partial charge in [-0.2, -0.15) is 5.10 Å². The summed E-state index contributed by atoms with van der Waals surface area (Å²) in [5.41, 5.74) is 5.21. The first kappa shape index (κ1) is 26.2. The lowest BCUT2D eigenvalue weighted by atomic mass is 10.1. The SMILES string of the molecule is CCOc1cc(C=NNC(=O)COc2cc(C)c(Cl)c(C)c2)ccc1OC(=O)c1ccc(Br)cc1. The van der Waals surface area contributed by atoms with Crippen LogP contribution < -0.4 is 19.6 Å². The summed E-state index contributed by atoms with van der Waals surface area (Å²) in [6.45, 7) is 5.74. The Morgan fingerprint density at radius 3 is 2.34 bits per heavy atom. The Kier molecular flexibility index (Phi) is 9.28. The molecule has 1 amide bonds. The Labute approximate surface area is 217 Å². The number of rotatable bonds is 9. The molecule has 0 saturated heterocycles. The van der Waals surface area contributed by atoms with Crippen molar-refractivity contribution in [2.45, 2.75) is 20.8 Å². The van der Waals surface area contributed by atoms with Crippen LogP contribution in [0, 0.1) is 13.8 Å². The van der Waals surface area contributed by atoms with Gasteiger partial charge in [0.1, 0.15) is 5.75 Å². The number of nitrogens with zero attached hydrogens (tertiary/aromatic N) is 1. The molecule has 3 aromatic rings. The minimum Gasteiger partial charge on any atom is -0.490 e. The maximum atomic E-state index is 12.4. The van der Waals surface area contributed by atoms with Gasteiger partial charge in [-0.05, 0) is 92.1 Å². The van der Waals surface area contributed by atoms with Crippen molar-refractivity contribution in [3.05, 3.63) is 86.3 Å². The molecule has 7 nitrogen and oxygen atoms in total. The molecule has 3 aromatic carbocycles. The summed E-state index contributed by atoms with van der Waals surface area (Å²) >= 11 is 9.48. The summed E-state index contributed by atoms with van der Waals surface area (Å²) in [5.74, 6) is 0.293. The second-order valence-electron chi connectivity index (χ2n) is 7.49. The van der Waals surface area contributed by atoms with E-state index in [9.17, 15) is 9.59 Å². The van der Waals surface area contributed by atoms with Crippen LogP contribution in [0.4, 0.5) is 0 Å². The zero-order chi connectivity index (χ0) is 25.4. The number of hydrazone groups is 1. The maximum Gasteiger partial charge on any atom is 0.343 e. The van der Waals surface area contributed by atoms with Crippen LogP contribution in [0.25, 0.3) is 0 Å². The molecule has 0 heterocycles. The number of nitrogens with one attached hydrogen (secondary N) is 1. The zero-order valence-corrected chi connectivity index (χ0v) is 21.8. The van der Waals surface area contributed by atoms with Crippen molar-refractivity contribution in [3.8, 4) is 17.2 Å². The van der Waals surface area contributed by atoms with E-state index in [-0.39, 0.29) is 12.4 Å². The second kappa shape index (κ2) is 12.4. The predicted molar refractivity (Wildman–Crippen MR) is 139 cm³/mol. The van der Waals surface area contributed by atoms with Crippen molar-refractivity contribution in [1.82, 2.24) is 5.43 Å². The van der Waals surface area contributed by atoms with Gasteiger partial charge in [0.05, 0.1) is 18.4 Å². The quantitative estimate of drug-likeness (QED) is 0.153. The number of halogens is 2. The second-order valence-corrected chi connectivity index (χ2v) is 8.78. The predicted octanol–water partition coefficient (Wildman–Crippen LogP) is 5.87. The summed E-state index contributed by atoms with van der Waals surface area (Å²) in [6.07, 6.45) is 1.46. The number of amides is 1. The first-order chi connectivity index (χ1) is 16.8. The fraction of sp³-hybridized carbons (Fsp3) is 0.192. The van der Waals surface area contributed by atoms with E-state index < -0.39 is 11.9 Å². The Morgan fingerprint density at radius 2 is 1.69 bits per heavy atom. The van der Waals surface area contributed by atoms with Crippen molar-refractivity contribution >= 4 is 45.6 Å². The van der Waals surface area contributed by atoms with E-state index in [0.29, 0.717) is 34.3 Å². The van der Waals surface area contributed by atoms with Gasteiger partial charge in [0, 0.05) is 9.50 Å². The molecule has 1 N–H and O–H groups in total. The highest BCUT2D eigenvalue weighted by molar-refractivity contribution is 9.10. The van der Waals surface area contributed by atoms with Crippen LogP contribution in [0.1, 0.15) is 34.0 Å². The highest BCUT2D eigenvalue weighted by Gasteiger charge is 2.13.